The lowest BCUT2D eigenvalue weighted by molar-refractivity contribution is 0.356. The molecule has 0 radical (unpaired) electrons. The molecule has 8 heteroatoms. The zero-order valence-electron chi connectivity index (χ0n) is 12.0. The molecule has 1 atom stereocenters. The molecule has 5 nitrogen and oxygen atoms in total. The van der Waals surface area contributed by atoms with Crippen molar-refractivity contribution in [1.29, 1.82) is 0 Å². The number of likely N-dealkylation sites (tertiary alicyclic amines) is 1. The highest BCUT2D eigenvalue weighted by atomic mass is 79.9. The molecule has 1 fully saturated rings. The van der Waals surface area contributed by atoms with Gasteiger partial charge in [0.2, 0.25) is 10.0 Å². The maximum Gasteiger partial charge on any atom is 0.245 e. The van der Waals surface area contributed by atoms with Crippen LogP contribution in [0.25, 0.3) is 0 Å². The first-order valence-electron chi connectivity index (χ1n) is 6.61. The van der Waals surface area contributed by atoms with Gasteiger partial charge in [0.25, 0.3) is 0 Å². The van der Waals surface area contributed by atoms with Crippen molar-refractivity contribution in [3.63, 3.8) is 0 Å². The van der Waals surface area contributed by atoms with Crippen molar-refractivity contribution in [2.45, 2.75) is 11.3 Å². The Morgan fingerprint density at radius 2 is 2.19 bits per heavy atom. The minimum Gasteiger partial charge on any atom is -0.399 e. The summed E-state index contributed by atoms with van der Waals surface area (Å²) < 4.78 is 40.4. The van der Waals surface area contributed by atoms with Gasteiger partial charge in [-0.15, -0.1) is 0 Å². The van der Waals surface area contributed by atoms with Crippen LogP contribution in [0.15, 0.2) is 21.5 Å². The highest BCUT2D eigenvalue weighted by molar-refractivity contribution is 9.10. The van der Waals surface area contributed by atoms with Crippen LogP contribution in [-0.2, 0) is 10.0 Å². The predicted molar refractivity (Wildman–Crippen MR) is 83.9 cm³/mol. The highest BCUT2D eigenvalue weighted by Crippen LogP contribution is 2.28. The summed E-state index contributed by atoms with van der Waals surface area (Å²) in [5.41, 5.74) is 5.83. The Labute approximate surface area is 133 Å². The molecule has 2 rings (SSSR count). The minimum atomic E-state index is -3.89. The molecule has 0 bridgehead atoms. The van der Waals surface area contributed by atoms with Crippen molar-refractivity contribution in [2.75, 3.05) is 39.5 Å². The average molecular weight is 380 g/mol. The lowest BCUT2D eigenvalue weighted by atomic mass is 10.1. The number of sulfonamides is 1. The molecule has 21 heavy (non-hydrogen) atoms. The molecule has 1 heterocycles. The van der Waals surface area contributed by atoms with Crippen molar-refractivity contribution in [2.24, 2.45) is 5.92 Å². The van der Waals surface area contributed by atoms with E-state index >= 15 is 0 Å². The predicted octanol–water partition coefficient (Wildman–Crippen LogP) is 1.74. The Kier molecular flexibility index (Phi) is 4.92. The van der Waals surface area contributed by atoms with E-state index in [1.807, 2.05) is 7.05 Å². The van der Waals surface area contributed by atoms with Gasteiger partial charge < -0.3 is 10.6 Å². The number of nitrogens with two attached hydrogens (primary N) is 1. The Morgan fingerprint density at radius 3 is 2.76 bits per heavy atom. The molecular formula is C13H19BrFN3O2S. The van der Waals surface area contributed by atoms with Crippen molar-refractivity contribution in [3.8, 4) is 0 Å². The SMILES string of the molecule is CN1CCC(CN(C)S(=O)(=O)c2cc(N)cc(Br)c2F)C1. The average Bonchev–Trinajstić information content (AvgIpc) is 2.79. The second-order valence-corrected chi connectivity index (χ2v) is 8.38. The maximum atomic E-state index is 14.1. The van der Waals surface area contributed by atoms with Gasteiger partial charge in [-0.1, -0.05) is 0 Å². The molecule has 2 N–H and O–H groups in total. The van der Waals surface area contributed by atoms with E-state index in [4.69, 9.17) is 5.73 Å². The maximum absolute atomic E-state index is 14.1. The van der Waals surface area contributed by atoms with E-state index in [0.29, 0.717) is 6.54 Å². The molecule has 0 amide bonds. The van der Waals surface area contributed by atoms with Gasteiger partial charge in [0, 0.05) is 25.8 Å². The van der Waals surface area contributed by atoms with Crippen LogP contribution in [0.5, 0.6) is 0 Å². The monoisotopic (exact) mass is 379 g/mol. The first-order valence-corrected chi connectivity index (χ1v) is 8.84. The molecule has 0 saturated carbocycles. The topological polar surface area (TPSA) is 66.6 Å². The summed E-state index contributed by atoms with van der Waals surface area (Å²) in [7, 11) is -0.410. The number of rotatable bonds is 4. The smallest absolute Gasteiger partial charge is 0.245 e. The quantitative estimate of drug-likeness (QED) is 0.809. The van der Waals surface area contributed by atoms with E-state index < -0.39 is 15.8 Å². The third-order valence-electron chi connectivity index (χ3n) is 3.71. The molecule has 118 valence electrons. The van der Waals surface area contributed by atoms with Crippen molar-refractivity contribution >= 4 is 31.6 Å². The van der Waals surface area contributed by atoms with E-state index in [9.17, 15) is 12.8 Å². The van der Waals surface area contributed by atoms with Gasteiger partial charge in [0.15, 0.2) is 5.82 Å². The number of hydrogen-bond donors (Lipinski definition) is 1. The third kappa shape index (κ3) is 3.56. The van der Waals surface area contributed by atoms with Crippen LogP contribution in [-0.4, -0.2) is 51.4 Å². The van der Waals surface area contributed by atoms with E-state index in [2.05, 4.69) is 20.8 Å². The second-order valence-electron chi connectivity index (χ2n) is 5.52. The summed E-state index contributed by atoms with van der Waals surface area (Å²) in [6.45, 7) is 2.18. The van der Waals surface area contributed by atoms with Crippen LogP contribution in [0, 0.1) is 11.7 Å². The first-order chi connectivity index (χ1) is 9.71. The van der Waals surface area contributed by atoms with Crippen LogP contribution in [0.2, 0.25) is 0 Å². The van der Waals surface area contributed by atoms with Crippen LogP contribution < -0.4 is 5.73 Å². The lowest BCUT2D eigenvalue weighted by Gasteiger charge is -2.21. The summed E-state index contributed by atoms with van der Waals surface area (Å²) in [5, 5.41) is 0. The molecular weight excluding hydrogens is 361 g/mol. The zero-order chi connectivity index (χ0) is 15.8. The molecule has 1 aromatic carbocycles. The zero-order valence-corrected chi connectivity index (χ0v) is 14.4. The van der Waals surface area contributed by atoms with Gasteiger partial charge in [-0.05, 0) is 54.0 Å². The summed E-state index contributed by atoms with van der Waals surface area (Å²) in [5.74, 6) is -0.540. The molecule has 1 saturated heterocycles. The van der Waals surface area contributed by atoms with Gasteiger partial charge in [-0.25, -0.2) is 17.1 Å². The van der Waals surface area contributed by atoms with Crippen molar-refractivity contribution in [1.82, 2.24) is 9.21 Å². The van der Waals surface area contributed by atoms with E-state index in [1.54, 1.807) is 0 Å². The van der Waals surface area contributed by atoms with E-state index in [0.717, 1.165) is 25.6 Å². The summed E-state index contributed by atoms with van der Waals surface area (Å²) in [6.07, 6.45) is 0.944. The molecule has 0 aliphatic carbocycles. The van der Waals surface area contributed by atoms with Crippen LogP contribution in [0.3, 0.4) is 0 Å². The summed E-state index contributed by atoms with van der Waals surface area (Å²) in [6, 6.07) is 2.51. The normalized spacial score (nSPS) is 20.3. The Bertz CT molecular complexity index is 639. The van der Waals surface area contributed by atoms with Crippen LogP contribution in [0.4, 0.5) is 10.1 Å². The highest BCUT2D eigenvalue weighted by Gasteiger charge is 2.30. The number of halogens is 2. The molecule has 0 aromatic heterocycles. The second kappa shape index (κ2) is 6.20. The van der Waals surface area contributed by atoms with Crippen molar-refractivity contribution in [3.05, 3.63) is 22.4 Å². The van der Waals surface area contributed by atoms with E-state index in [-0.39, 0.29) is 21.0 Å². The number of anilines is 1. The van der Waals surface area contributed by atoms with Gasteiger partial charge >= 0.3 is 0 Å². The number of nitrogen functional groups attached to an aromatic ring is 1. The number of benzene rings is 1. The molecule has 1 unspecified atom stereocenters. The molecule has 0 spiro atoms. The fraction of sp³-hybridized carbons (Fsp3) is 0.538. The van der Waals surface area contributed by atoms with Gasteiger partial charge in [-0.2, -0.15) is 0 Å². The Balaban J connectivity index is 2.25. The fourth-order valence-corrected chi connectivity index (χ4v) is 4.55. The Hall–Kier alpha value is -0.700. The molecule has 1 aliphatic heterocycles. The van der Waals surface area contributed by atoms with Crippen LogP contribution >= 0.6 is 15.9 Å². The number of hydrogen-bond acceptors (Lipinski definition) is 4. The molecule has 1 aromatic rings. The molecule has 1 aliphatic rings. The van der Waals surface area contributed by atoms with Gasteiger partial charge in [-0.3, -0.25) is 0 Å². The first kappa shape index (κ1) is 16.7. The summed E-state index contributed by atoms with van der Waals surface area (Å²) in [4.78, 5) is 1.77. The van der Waals surface area contributed by atoms with Crippen molar-refractivity contribution < 1.29 is 12.8 Å². The Morgan fingerprint density at radius 1 is 1.52 bits per heavy atom. The van der Waals surface area contributed by atoms with Gasteiger partial charge in [0.1, 0.15) is 4.90 Å². The number of nitrogens with zero attached hydrogens (tertiary/aromatic N) is 2. The summed E-state index contributed by atoms with van der Waals surface area (Å²) >= 11 is 2.99. The third-order valence-corrected chi connectivity index (χ3v) is 6.11. The van der Waals surface area contributed by atoms with E-state index in [1.165, 1.54) is 17.4 Å². The minimum absolute atomic E-state index is 0.0510. The fourth-order valence-electron chi connectivity index (χ4n) is 2.58. The lowest BCUT2D eigenvalue weighted by Crippen LogP contribution is -2.33. The van der Waals surface area contributed by atoms with Gasteiger partial charge in [0.05, 0.1) is 4.47 Å². The standard InChI is InChI=1S/C13H19BrFN3O2S/c1-17-4-3-9(7-17)8-18(2)21(19,20)12-6-10(16)5-11(14)13(12)15/h5-6,9H,3-4,7-8,16H2,1-2H3. The van der Waals surface area contributed by atoms with Crippen LogP contribution in [0.1, 0.15) is 6.42 Å². The largest absolute Gasteiger partial charge is 0.399 e.